The van der Waals surface area contributed by atoms with E-state index in [-0.39, 0.29) is 10.8 Å². The number of allylic oxidation sites excluding steroid dienone is 3. The Hall–Kier alpha value is -4.25. The van der Waals surface area contributed by atoms with Crippen LogP contribution in [-0.4, -0.2) is 65.5 Å². The summed E-state index contributed by atoms with van der Waals surface area (Å²) in [7, 11) is 2.68. The van der Waals surface area contributed by atoms with E-state index in [4.69, 9.17) is 4.74 Å². The highest BCUT2D eigenvalue weighted by atomic mass is 32.2. The van der Waals surface area contributed by atoms with E-state index in [1.807, 2.05) is 30.2 Å². The van der Waals surface area contributed by atoms with Crippen molar-refractivity contribution in [2.24, 2.45) is 9.50 Å². The second kappa shape index (κ2) is 10.1. The lowest BCUT2D eigenvalue weighted by molar-refractivity contribution is -0.114. The highest BCUT2D eigenvalue weighted by molar-refractivity contribution is 7.90. The van der Waals surface area contributed by atoms with Gasteiger partial charge in [0.2, 0.25) is 0 Å². The lowest BCUT2D eigenvalue weighted by atomic mass is 9.83. The standard InChI is InChI=1S/C28H31N5O5S/c1-18-22(12-14-25-28(2,3)23-15-19(27(35)38-7)11-13-24(23)32(25)6)26(34)33(30-18)20-9-8-10-21(16-20)39(36,37)29-17-31(4)5/h8-17H,1-7H3/b22-12-,25-14+,29-17?. The zero-order valence-corrected chi connectivity index (χ0v) is 23.8. The summed E-state index contributed by atoms with van der Waals surface area (Å²) in [6.45, 7) is 5.83. The Morgan fingerprint density at radius 2 is 1.85 bits per heavy atom. The largest absolute Gasteiger partial charge is 0.465 e. The van der Waals surface area contributed by atoms with Crippen LogP contribution in [0.5, 0.6) is 0 Å². The molecule has 0 aromatic heterocycles. The Morgan fingerprint density at radius 1 is 1.13 bits per heavy atom. The van der Waals surface area contributed by atoms with Crippen LogP contribution in [0.25, 0.3) is 0 Å². The molecule has 0 radical (unpaired) electrons. The number of amides is 1. The molecule has 0 aliphatic carbocycles. The van der Waals surface area contributed by atoms with Crippen LogP contribution in [0.4, 0.5) is 11.4 Å². The van der Waals surface area contributed by atoms with Crippen molar-refractivity contribution in [3.63, 3.8) is 0 Å². The number of methoxy groups -OCH3 is 1. The van der Waals surface area contributed by atoms with Crippen molar-refractivity contribution in [2.75, 3.05) is 38.2 Å². The smallest absolute Gasteiger partial charge is 0.337 e. The number of sulfonamides is 1. The van der Waals surface area contributed by atoms with E-state index < -0.39 is 21.4 Å². The summed E-state index contributed by atoms with van der Waals surface area (Å²) in [5.41, 5.74) is 4.08. The van der Waals surface area contributed by atoms with E-state index in [0.29, 0.717) is 22.5 Å². The molecule has 4 rings (SSSR count). The number of fused-ring (bicyclic) bond motifs is 1. The summed E-state index contributed by atoms with van der Waals surface area (Å²) in [5, 5.41) is 5.59. The molecule has 0 N–H and O–H groups in total. The Labute approximate surface area is 228 Å². The van der Waals surface area contributed by atoms with Gasteiger partial charge in [-0.15, -0.1) is 4.40 Å². The molecule has 0 saturated carbocycles. The van der Waals surface area contributed by atoms with Crippen molar-refractivity contribution in [3.8, 4) is 0 Å². The molecule has 2 aromatic carbocycles. The van der Waals surface area contributed by atoms with Crippen LogP contribution >= 0.6 is 0 Å². The zero-order valence-electron chi connectivity index (χ0n) is 23.0. The fraction of sp³-hybridized carbons (Fsp3) is 0.286. The van der Waals surface area contributed by atoms with Gasteiger partial charge < -0.3 is 14.5 Å². The number of ether oxygens (including phenoxy) is 1. The number of hydrogen-bond acceptors (Lipinski definition) is 7. The number of benzene rings is 2. The van der Waals surface area contributed by atoms with Gasteiger partial charge in [0.1, 0.15) is 6.34 Å². The van der Waals surface area contributed by atoms with Crippen molar-refractivity contribution in [3.05, 3.63) is 77.0 Å². The fourth-order valence-electron chi connectivity index (χ4n) is 4.62. The van der Waals surface area contributed by atoms with Gasteiger partial charge >= 0.3 is 5.97 Å². The minimum atomic E-state index is -3.95. The molecule has 39 heavy (non-hydrogen) atoms. The van der Waals surface area contributed by atoms with Gasteiger partial charge in [0.15, 0.2) is 0 Å². The average molecular weight is 550 g/mol. The quantitative estimate of drug-likeness (QED) is 0.234. The van der Waals surface area contributed by atoms with E-state index in [1.54, 1.807) is 45.3 Å². The lowest BCUT2D eigenvalue weighted by Gasteiger charge is -2.23. The predicted octanol–water partition coefficient (Wildman–Crippen LogP) is 3.71. The van der Waals surface area contributed by atoms with Crippen LogP contribution in [0.2, 0.25) is 0 Å². The molecule has 204 valence electrons. The molecule has 11 heteroatoms. The Morgan fingerprint density at radius 3 is 2.51 bits per heavy atom. The number of hydrazone groups is 1. The average Bonchev–Trinajstić information content (AvgIpc) is 3.29. The van der Waals surface area contributed by atoms with Crippen molar-refractivity contribution in [2.45, 2.75) is 31.1 Å². The first-order valence-corrected chi connectivity index (χ1v) is 13.6. The number of hydrogen-bond donors (Lipinski definition) is 0. The van der Waals surface area contributed by atoms with E-state index in [2.05, 4.69) is 23.3 Å². The van der Waals surface area contributed by atoms with Gasteiger partial charge in [-0.3, -0.25) is 4.79 Å². The van der Waals surface area contributed by atoms with Gasteiger partial charge in [0.25, 0.3) is 15.9 Å². The summed E-state index contributed by atoms with van der Waals surface area (Å²) in [4.78, 5) is 29.0. The van der Waals surface area contributed by atoms with Gasteiger partial charge in [-0.2, -0.15) is 18.5 Å². The number of nitrogens with zero attached hydrogens (tertiary/aromatic N) is 5. The van der Waals surface area contributed by atoms with Crippen LogP contribution < -0.4 is 9.91 Å². The van der Waals surface area contributed by atoms with Crippen molar-refractivity contribution in [1.29, 1.82) is 0 Å². The predicted molar refractivity (Wildman–Crippen MR) is 152 cm³/mol. The van der Waals surface area contributed by atoms with E-state index >= 15 is 0 Å². The molecule has 10 nitrogen and oxygen atoms in total. The molecule has 2 aliphatic heterocycles. The van der Waals surface area contributed by atoms with Gasteiger partial charge in [0, 0.05) is 37.9 Å². The third kappa shape index (κ3) is 5.09. The first-order chi connectivity index (χ1) is 18.3. The van der Waals surface area contributed by atoms with Gasteiger partial charge in [-0.05, 0) is 61.0 Å². The maximum absolute atomic E-state index is 13.4. The topological polar surface area (TPSA) is 112 Å². The maximum atomic E-state index is 13.4. The highest BCUT2D eigenvalue weighted by Crippen LogP contribution is 2.47. The Balaban J connectivity index is 1.65. The second-order valence-corrected chi connectivity index (χ2v) is 11.6. The number of esters is 1. The fourth-order valence-corrected chi connectivity index (χ4v) is 5.58. The van der Waals surface area contributed by atoms with Gasteiger partial charge in [-0.25, -0.2) is 4.79 Å². The van der Waals surface area contributed by atoms with Crippen LogP contribution in [0.3, 0.4) is 0 Å². The molecule has 0 atom stereocenters. The SMILES string of the molecule is COC(=O)c1ccc2c(c1)C(C)(C)/C(=C\C=C1/C(=O)N(c3cccc(S(=O)(=O)N=CN(C)C)c3)N=C1C)N2C. The molecular weight excluding hydrogens is 518 g/mol. The van der Waals surface area contributed by atoms with Crippen LogP contribution in [-0.2, 0) is 25.0 Å². The zero-order chi connectivity index (χ0) is 28.7. The number of carbonyl (C=O) groups is 2. The monoisotopic (exact) mass is 549 g/mol. The summed E-state index contributed by atoms with van der Waals surface area (Å²) < 4.78 is 33.8. The second-order valence-electron chi connectivity index (χ2n) is 10.00. The number of carbonyl (C=O) groups excluding carboxylic acids is 2. The van der Waals surface area contributed by atoms with Crippen LogP contribution in [0.1, 0.15) is 36.7 Å². The van der Waals surface area contributed by atoms with Gasteiger partial charge in [-0.1, -0.05) is 19.9 Å². The van der Waals surface area contributed by atoms with E-state index in [1.165, 1.54) is 35.5 Å². The van der Waals surface area contributed by atoms with Crippen LogP contribution in [0.15, 0.2) is 80.3 Å². The third-order valence-electron chi connectivity index (χ3n) is 6.70. The van der Waals surface area contributed by atoms with Crippen molar-refractivity contribution in [1.82, 2.24) is 4.90 Å². The molecule has 0 spiro atoms. The maximum Gasteiger partial charge on any atom is 0.337 e. The number of anilines is 2. The summed E-state index contributed by atoms with van der Waals surface area (Å²) >= 11 is 0. The molecule has 2 heterocycles. The molecule has 2 aliphatic rings. The highest BCUT2D eigenvalue weighted by Gasteiger charge is 2.39. The molecule has 0 fully saturated rings. The third-order valence-corrected chi connectivity index (χ3v) is 7.92. The van der Waals surface area contributed by atoms with Gasteiger partial charge in [0.05, 0.1) is 34.5 Å². The normalized spacial score (nSPS) is 18.7. The number of likely N-dealkylation sites (N-methyl/N-ethyl adjacent to an activating group) is 1. The summed E-state index contributed by atoms with van der Waals surface area (Å²) in [6.07, 6.45) is 4.81. The van der Waals surface area contributed by atoms with E-state index in [0.717, 1.165) is 16.9 Å². The van der Waals surface area contributed by atoms with E-state index in [9.17, 15) is 18.0 Å². The van der Waals surface area contributed by atoms with Crippen LogP contribution in [0, 0.1) is 0 Å². The minimum absolute atomic E-state index is 0.0447. The number of rotatable bonds is 6. The minimum Gasteiger partial charge on any atom is -0.465 e. The Bertz CT molecular complexity index is 1580. The Kier molecular flexibility index (Phi) is 7.22. The molecule has 2 aromatic rings. The molecular formula is C28H31N5O5S. The first kappa shape index (κ1) is 27.8. The summed E-state index contributed by atoms with van der Waals surface area (Å²) in [6, 6.07) is 11.4. The lowest BCUT2D eigenvalue weighted by Crippen LogP contribution is -2.23. The molecule has 1 amide bonds. The molecule has 0 saturated heterocycles. The summed E-state index contributed by atoms with van der Waals surface area (Å²) in [5.74, 6) is -0.778. The van der Waals surface area contributed by atoms with Crippen molar-refractivity contribution < 1.29 is 22.7 Å². The first-order valence-electron chi connectivity index (χ1n) is 12.1. The van der Waals surface area contributed by atoms with Crippen molar-refractivity contribution >= 4 is 45.3 Å². The molecule has 0 unspecified atom stereocenters. The molecule has 0 bridgehead atoms.